The standard InChI is InChI=1S/C17H25NOS/c1-14(9-10-18-11-12-19-2)7-8-15-13-20-17-6-4-3-5-16(15)17/h3-6,13-14,18H,7-12H2,1-2H3. The first-order valence-corrected chi connectivity index (χ1v) is 8.34. The highest BCUT2D eigenvalue weighted by Gasteiger charge is 2.06. The van der Waals surface area contributed by atoms with Gasteiger partial charge >= 0.3 is 0 Å². The molecule has 2 aromatic rings. The first-order valence-electron chi connectivity index (χ1n) is 7.46. The van der Waals surface area contributed by atoms with Crippen LogP contribution in [0.1, 0.15) is 25.3 Å². The van der Waals surface area contributed by atoms with Crippen molar-refractivity contribution in [2.45, 2.75) is 26.2 Å². The maximum atomic E-state index is 5.02. The number of methoxy groups -OCH3 is 1. The molecule has 0 bridgehead atoms. The van der Waals surface area contributed by atoms with Crippen molar-refractivity contribution in [3.63, 3.8) is 0 Å². The van der Waals surface area contributed by atoms with Crippen LogP contribution in [0.2, 0.25) is 0 Å². The first kappa shape index (κ1) is 15.5. The molecule has 1 aromatic heterocycles. The Morgan fingerprint density at radius 1 is 1.20 bits per heavy atom. The number of fused-ring (bicyclic) bond motifs is 1. The molecule has 2 rings (SSSR count). The summed E-state index contributed by atoms with van der Waals surface area (Å²) in [6, 6.07) is 8.73. The maximum Gasteiger partial charge on any atom is 0.0587 e. The summed E-state index contributed by atoms with van der Waals surface area (Å²) in [5.74, 6) is 0.767. The third-order valence-electron chi connectivity index (χ3n) is 3.76. The Hall–Kier alpha value is -0.900. The molecule has 3 heteroatoms. The molecule has 0 radical (unpaired) electrons. The fourth-order valence-electron chi connectivity index (χ4n) is 2.42. The smallest absolute Gasteiger partial charge is 0.0587 e. The van der Waals surface area contributed by atoms with E-state index in [1.54, 1.807) is 7.11 Å². The van der Waals surface area contributed by atoms with Crippen molar-refractivity contribution in [2.75, 3.05) is 26.8 Å². The van der Waals surface area contributed by atoms with Crippen LogP contribution in [0, 0.1) is 5.92 Å². The van der Waals surface area contributed by atoms with Crippen LogP contribution in [0.3, 0.4) is 0 Å². The predicted molar refractivity (Wildman–Crippen MR) is 88.7 cm³/mol. The van der Waals surface area contributed by atoms with Crippen molar-refractivity contribution in [3.05, 3.63) is 35.2 Å². The lowest BCUT2D eigenvalue weighted by Gasteiger charge is -2.11. The van der Waals surface area contributed by atoms with Crippen molar-refractivity contribution in [1.82, 2.24) is 5.32 Å². The second kappa shape index (κ2) is 8.40. The van der Waals surface area contributed by atoms with Crippen LogP contribution in [0.25, 0.3) is 10.1 Å². The second-order valence-electron chi connectivity index (χ2n) is 5.43. The molecule has 0 aliphatic rings. The number of benzene rings is 1. The van der Waals surface area contributed by atoms with Gasteiger partial charge in [-0.05, 0) is 54.1 Å². The topological polar surface area (TPSA) is 21.3 Å². The summed E-state index contributed by atoms with van der Waals surface area (Å²) in [5.41, 5.74) is 1.52. The predicted octanol–water partition coefficient (Wildman–Crippen LogP) is 4.10. The van der Waals surface area contributed by atoms with E-state index in [9.17, 15) is 0 Å². The molecule has 1 aromatic carbocycles. The highest BCUT2D eigenvalue weighted by atomic mass is 32.1. The van der Waals surface area contributed by atoms with Gasteiger partial charge in [0.25, 0.3) is 0 Å². The average molecular weight is 291 g/mol. The van der Waals surface area contributed by atoms with Gasteiger partial charge in [-0.25, -0.2) is 0 Å². The zero-order valence-electron chi connectivity index (χ0n) is 12.5. The number of nitrogens with one attached hydrogen (secondary N) is 1. The minimum atomic E-state index is 0.767. The van der Waals surface area contributed by atoms with Gasteiger partial charge in [-0.1, -0.05) is 25.1 Å². The van der Waals surface area contributed by atoms with Gasteiger partial charge in [0.1, 0.15) is 0 Å². The molecule has 0 amide bonds. The Morgan fingerprint density at radius 2 is 2.05 bits per heavy atom. The van der Waals surface area contributed by atoms with E-state index >= 15 is 0 Å². The van der Waals surface area contributed by atoms with Crippen LogP contribution < -0.4 is 5.32 Å². The number of hydrogen-bond donors (Lipinski definition) is 1. The SMILES string of the molecule is COCCNCCC(C)CCc1csc2ccccc12. The molecule has 0 saturated heterocycles. The summed E-state index contributed by atoms with van der Waals surface area (Å²) >= 11 is 1.87. The maximum absolute atomic E-state index is 5.02. The van der Waals surface area contributed by atoms with E-state index in [1.807, 2.05) is 11.3 Å². The second-order valence-corrected chi connectivity index (χ2v) is 6.34. The Kier molecular flexibility index (Phi) is 6.51. The monoisotopic (exact) mass is 291 g/mol. The number of aryl methyl sites for hydroxylation is 1. The molecular formula is C17H25NOS. The Balaban J connectivity index is 1.72. The first-order chi connectivity index (χ1) is 9.81. The van der Waals surface area contributed by atoms with Crippen LogP contribution in [0.5, 0.6) is 0 Å². The molecule has 0 aliphatic carbocycles. The van der Waals surface area contributed by atoms with Gasteiger partial charge in [0.05, 0.1) is 6.61 Å². The molecular weight excluding hydrogens is 266 g/mol. The molecule has 2 nitrogen and oxygen atoms in total. The lowest BCUT2D eigenvalue weighted by atomic mass is 9.98. The third kappa shape index (κ3) is 4.58. The number of rotatable bonds is 9. The van der Waals surface area contributed by atoms with Gasteiger partial charge in [-0.15, -0.1) is 11.3 Å². The Bertz CT molecular complexity index is 508. The minimum Gasteiger partial charge on any atom is -0.383 e. The zero-order chi connectivity index (χ0) is 14.2. The Morgan fingerprint density at radius 3 is 2.90 bits per heavy atom. The molecule has 1 heterocycles. The molecule has 0 saturated carbocycles. The van der Waals surface area contributed by atoms with Crippen molar-refractivity contribution in [2.24, 2.45) is 5.92 Å². The lowest BCUT2D eigenvalue weighted by Crippen LogP contribution is -2.21. The molecule has 0 fully saturated rings. The molecule has 1 atom stereocenters. The van der Waals surface area contributed by atoms with Gasteiger partial charge in [0, 0.05) is 18.4 Å². The summed E-state index contributed by atoms with van der Waals surface area (Å²) < 4.78 is 6.44. The van der Waals surface area contributed by atoms with E-state index in [1.165, 1.54) is 34.9 Å². The Labute approximate surface area is 126 Å². The van der Waals surface area contributed by atoms with Crippen LogP contribution in [-0.4, -0.2) is 26.8 Å². The summed E-state index contributed by atoms with van der Waals surface area (Å²) in [6.45, 7) is 5.20. The van der Waals surface area contributed by atoms with Crippen LogP contribution in [0.4, 0.5) is 0 Å². The van der Waals surface area contributed by atoms with Crippen molar-refractivity contribution < 1.29 is 4.74 Å². The largest absolute Gasteiger partial charge is 0.383 e. The summed E-state index contributed by atoms with van der Waals surface area (Å²) in [7, 11) is 1.75. The van der Waals surface area contributed by atoms with E-state index in [-0.39, 0.29) is 0 Å². The van der Waals surface area contributed by atoms with Crippen molar-refractivity contribution in [3.8, 4) is 0 Å². The molecule has 1 N–H and O–H groups in total. The van der Waals surface area contributed by atoms with E-state index in [4.69, 9.17) is 4.74 Å². The summed E-state index contributed by atoms with van der Waals surface area (Å²) in [6.07, 6.45) is 3.71. The minimum absolute atomic E-state index is 0.767. The fraction of sp³-hybridized carbons (Fsp3) is 0.529. The number of hydrogen-bond acceptors (Lipinski definition) is 3. The highest BCUT2D eigenvalue weighted by Crippen LogP contribution is 2.27. The fourth-order valence-corrected chi connectivity index (χ4v) is 3.42. The summed E-state index contributed by atoms with van der Waals surface area (Å²) in [5, 5.41) is 7.19. The van der Waals surface area contributed by atoms with Crippen LogP contribution in [-0.2, 0) is 11.2 Å². The normalized spacial score (nSPS) is 12.9. The molecule has 0 spiro atoms. The highest BCUT2D eigenvalue weighted by molar-refractivity contribution is 7.17. The third-order valence-corrected chi connectivity index (χ3v) is 4.78. The quantitative estimate of drug-likeness (QED) is 0.702. The molecule has 20 heavy (non-hydrogen) atoms. The van der Waals surface area contributed by atoms with Crippen molar-refractivity contribution >= 4 is 21.4 Å². The molecule has 110 valence electrons. The van der Waals surface area contributed by atoms with E-state index in [0.717, 1.165) is 25.6 Å². The summed E-state index contributed by atoms with van der Waals surface area (Å²) in [4.78, 5) is 0. The van der Waals surface area contributed by atoms with Crippen LogP contribution >= 0.6 is 11.3 Å². The number of thiophene rings is 1. The number of ether oxygens (including phenoxy) is 1. The van der Waals surface area contributed by atoms with Crippen LogP contribution in [0.15, 0.2) is 29.6 Å². The van der Waals surface area contributed by atoms with E-state index in [2.05, 4.69) is 41.9 Å². The van der Waals surface area contributed by atoms with Gasteiger partial charge in [0.2, 0.25) is 0 Å². The average Bonchev–Trinajstić information content (AvgIpc) is 2.88. The molecule has 1 unspecified atom stereocenters. The lowest BCUT2D eigenvalue weighted by molar-refractivity contribution is 0.199. The van der Waals surface area contributed by atoms with Gasteiger partial charge in [-0.2, -0.15) is 0 Å². The van der Waals surface area contributed by atoms with Gasteiger partial charge in [0.15, 0.2) is 0 Å². The van der Waals surface area contributed by atoms with Crippen molar-refractivity contribution in [1.29, 1.82) is 0 Å². The molecule has 0 aliphatic heterocycles. The zero-order valence-corrected chi connectivity index (χ0v) is 13.3. The van der Waals surface area contributed by atoms with E-state index in [0.29, 0.717) is 0 Å². The van der Waals surface area contributed by atoms with Gasteiger partial charge < -0.3 is 10.1 Å². The van der Waals surface area contributed by atoms with E-state index < -0.39 is 0 Å². The van der Waals surface area contributed by atoms with Gasteiger partial charge in [-0.3, -0.25) is 0 Å².